The molecule has 1 unspecified atom stereocenters. The summed E-state index contributed by atoms with van der Waals surface area (Å²) in [7, 11) is 0. The number of nitrogens with zero attached hydrogens (tertiary/aromatic N) is 3. The van der Waals surface area contributed by atoms with Gasteiger partial charge in [-0.1, -0.05) is 35.2 Å². The van der Waals surface area contributed by atoms with E-state index in [9.17, 15) is 4.79 Å². The van der Waals surface area contributed by atoms with E-state index < -0.39 is 0 Å². The minimum atomic E-state index is -0.263. The van der Waals surface area contributed by atoms with E-state index >= 15 is 0 Å². The molecule has 0 spiro atoms. The van der Waals surface area contributed by atoms with E-state index in [1.165, 1.54) is 29.4 Å². The molecule has 0 saturated heterocycles. The van der Waals surface area contributed by atoms with Crippen molar-refractivity contribution < 1.29 is 4.79 Å². The Bertz CT molecular complexity index is 785. The van der Waals surface area contributed by atoms with Crippen molar-refractivity contribution in [3.63, 3.8) is 0 Å². The van der Waals surface area contributed by atoms with Crippen LogP contribution in [0.15, 0.2) is 41.7 Å². The number of amides is 1. The van der Waals surface area contributed by atoms with Crippen LogP contribution in [0.25, 0.3) is 10.2 Å². The molecular formula is C15H14N4OS2. The summed E-state index contributed by atoms with van der Waals surface area (Å²) in [4.78, 5) is 24.9. The molecule has 0 radical (unpaired) electrons. The van der Waals surface area contributed by atoms with Gasteiger partial charge in [-0.2, -0.15) is 0 Å². The highest BCUT2D eigenvalue weighted by atomic mass is 32.2. The number of hydrogen-bond acceptors (Lipinski definition) is 6. The van der Waals surface area contributed by atoms with Gasteiger partial charge in [0.1, 0.15) is 11.4 Å². The van der Waals surface area contributed by atoms with Crippen molar-refractivity contribution in [1.29, 1.82) is 0 Å². The maximum absolute atomic E-state index is 12.3. The number of thiazole rings is 1. The van der Waals surface area contributed by atoms with Gasteiger partial charge < -0.3 is 5.32 Å². The Morgan fingerprint density at radius 3 is 2.91 bits per heavy atom. The Balaban J connectivity index is 1.68. The number of fused-ring (bicyclic) bond motifs is 1. The summed E-state index contributed by atoms with van der Waals surface area (Å²) in [6, 6.07) is 9.69. The summed E-state index contributed by atoms with van der Waals surface area (Å²) in [6.45, 7) is 3.75. The van der Waals surface area contributed by atoms with Crippen LogP contribution in [0.1, 0.15) is 12.6 Å². The van der Waals surface area contributed by atoms with Crippen molar-refractivity contribution in [3.05, 3.63) is 42.4 Å². The van der Waals surface area contributed by atoms with Crippen LogP contribution in [-0.4, -0.2) is 26.1 Å². The quantitative estimate of drug-likeness (QED) is 0.585. The Labute approximate surface area is 136 Å². The number of anilines is 1. The van der Waals surface area contributed by atoms with Gasteiger partial charge in [-0.05, 0) is 32.0 Å². The number of benzene rings is 1. The van der Waals surface area contributed by atoms with Crippen molar-refractivity contribution in [2.24, 2.45) is 0 Å². The second-order valence-electron chi connectivity index (χ2n) is 4.73. The molecule has 22 heavy (non-hydrogen) atoms. The van der Waals surface area contributed by atoms with Gasteiger partial charge in [0.05, 0.1) is 15.5 Å². The van der Waals surface area contributed by atoms with E-state index in [4.69, 9.17) is 0 Å². The van der Waals surface area contributed by atoms with Crippen LogP contribution in [0.4, 0.5) is 5.13 Å². The standard InChI is InChI=1S/C15H14N4OS2/c1-9-7-13(17-8-16-9)21-10(2)14(20)19-15-18-11-5-3-4-6-12(11)22-15/h3-8,10H,1-2H3,(H,18,19,20). The minimum absolute atomic E-state index is 0.0830. The van der Waals surface area contributed by atoms with Crippen LogP contribution >= 0.6 is 23.1 Å². The smallest absolute Gasteiger partial charge is 0.239 e. The molecule has 0 aliphatic rings. The van der Waals surface area contributed by atoms with Crippen molar-refractivity contribution in [3.8, 4) is 0 Å². The lowest BCUT2D eigenvalue weighted by Crippen LogP contribution is -2.22. The van der Waals surface area contributed by atoms with Gasteiger partial charge in [-0.25, -0.2) is 15.0 Å². The van der Waals surface area contributed by atoms with E-state index in [1.807, 2.05) is 44.2 Å². The van der Waals surface area contributed by atoms with Crippen LogP contribution in [0.2, 0.25) is 0 Å². The molecule has 1 atom stereocenters. The molecule has 1 aromatic carbocycles. The number of aryl methyl sites for hydroxylation is 1. The first-order valence-corrected chi connectivity index (χ1v) is 8.43. The van der Waals surface area contributed by atoms with Crippen molar-refractivity contribution in [2.45, 2.75) is 24.1 Å². The highest BCUT2D eigenvalue weighted by Gasteiger charge is 2.17. The third-order valence-corrected chi connectivity index (χ3v) is 4.95. The molecule has 0 aliphatic heterocycles. The highest BCUT2D eigenvalue weighted by Crippen LogP contribution is 2.27. The number of hydrogen-bond donors (Lipinski definition) is 1. The van der Waals surface area contributed by atoms with Crippen LogP contribution < -0.4 is 5.32 Å². The molecular weight excluding hydrogens is 316 g/mol. The number of nitrogens with one attached hydrogen (secondary N) is 1. The van der Waals surface area contributed by atoms with E-state index in [-0.39, 0.29) is 11.2 Å². The zero-order chi connectivity index (χ0) is 15.5. The number of rotatable bonds is 4. The summed E-state index contributed by atoms with van der Waals surface area (Å²) in [5.41, 5.74) is 1.78. The number of para-hydroxylation sites is 1. The van der Waals surface area contributed by atoms with Crippen LogP contribution in [-0.2, 0) is 4.79 Å². The Morgan fingerprint density at radius 1 is 1.32 bits per heavy atom. The zero-order valence-electron chi connectivity index (χ0n) is 12.1. The molecule has 2 heterocycles. The van der Waals surface area contributed by atoms with Gasteiger partial charge in [-0.15, -0.1) is 0 Å². The first-order chi connectivity index (χ1) is 10.6. The molecule has 7 heteroatoms. The topological polar surface area (TPSA) is 67.8 Å². The zero-order valence-corrected chi connectivity index (χ0v) is 13.7. The minimum Gasteiger partial charge on any atom is -0.301 e. The summed E-state index contributed by atoms with van der Waals surface area (Å²) in [5, 5.41) is 4.02. The Morgan fingerprint density at radius 2 is 2.14 bits per heavy atom. The lowest BCUT2D eigenvalue weighted by Gasteiger charge is -2.09. The van der Waals surface area contributed by atoms with Crippen molar-refractivity contribution >= 4 is 44.4 Å². The second kappa shape index (κ2) is 6.41. The first-order valence-electron chi connectivity index (χ1n) is 6.73. The molecule has 0 saturated carbocycles. The molecule has 5 nitrogen and oxygen atoms in total. The van der Waals surface area contributed by atoms with Crippen molar-refractivity contribution in [1.82, 2.24) is 15.0 Å². The molecule has 0 fully saturated rings. The van der Waals surface area contributed by atoms with Crippen LogP contribution in [0.5, 0.6) is 0 Å². The van der Waals surface area contributed by atoms with Crippen LogP contribution in [0.3, 0.4) is 0 Å². The third kappa shape index (κ3) is 3.42. The lowest BCUT2D eigenvalue weighted by atomic mass is 10.3. The van der Waals surface area contributed by atoms with E-state index in [1.54, 1.807) is 0 Å². The predicted octanol–water partition coefficient (Wildman–Crippen LogP) is 3.51. The van der Waals surface area contributed by atoms with E-state index in [2.05, 4.69) is 20.3 Å². The molecule has 1 N–H and O–H groups in total. The number of aromatic nitrogens is 3. The van der Waals surface area contributed by atoms with Crippen LogP contribution in [0, 0.1) is 6.92 Å². The Hall–Kier alpha value is -1.99. The number of thioether (sulfide) groups is 1. The van der Waals surface area contributed by atoms with Gasteiger partial charge in [0.25, 0.3) is 0 Å². The summed E-state index contributed by atoms with van der Waals surface area (Å²) >= 11 is 2.88. The Kier molecular flexibility index (Phi) is 4.35. The van der Waals surface area contributed by atoms with Gasteiger partial charge in [0.2, 0.25) is 5.91 Å². The molecule has 2 aromatic heterocycles. The molecule has 3 rings (SSSR count). The van der Waals surface area contributed by atoms with Gasteiger partial charge in [0, 0.05) is 5.69 Å². The largest absolute Gasteiger partial charge is 0.301 e. The normalized spacial score (nSPS) is 12.3. The van der Waals surface area contributed by atoms with Gasteiger partial charge >= 0.3 is 0 Å². The SMILES string of the molecule is Cc1cc(SC(C)C(=O)Nc2nc3ccccc3s2)ncn1. The number of carbonyl (C=O) groups excluding carboxylic acids is 1. The first kappa shape index (κ1) is 14.9. The summed E-state index contributed by atoms with van der Waals surface area (Å²) in [6.07, 6.45) is 1.51. The van der Waals surface area contributed by atoms with E-state index in [0.717, 1.165) is 20.9 Å². The fourth-order valence-corrected chi connectivity index (χ4v) is 3.61. The fraction of sp³-hybridized carbons (Fsp3) is 0.200. The summed E-state index contributed by atoms with van der Waals surface area (Å²) in [5.74, 6) is -0.0830. The lowest BCUT2D eigenvalue weighted by molar-refractivity contribution is -0.115. The molecule has 112 valence electrons. The maximum atomic E-state index is 12.3. The van der Waals surface area contributed by atoms with Gasteiger partial charge in [0.15, 0.2) is 5.13 Å². The number of carbonyl (C=O) groups is 1. The molecule has 3 aromatic rings. The maximum Gasteiger partial charge on any atom is 0.239 e. The third-order valence-electron chi connectivity index (χ3n) is 2.97. The van der Waals surface area contributed by atoms with Crippen molar-refractivity contribution in [2.75, 3.05) is 5.32 Å². The van der Waals surface area contributed by atoms with E-state index in [0.29, 0.717) is 5.13 Å². The van der Waals surface area contributed by atoms with Gasteiger partial charge in [-0.3, -0.25) is 4.79 Å². The predicted molar refractivity (Wildman–Crippen MR) is 90.3 cm³/mol. The fourth-order valence-electron chi connectivity index (χ4n) is 1.86. The summed E-state index contributed by atoms with van der Waals surface area (Å²) < 4.78 is 1.06. The average Bonchev–Trinajstić information content (AvgIpc) is 2.89. The molecule has 0 aliphatic carbocycles. The monoisotopic (exact) mass is 330 g/mol. The highest BCUT2D eigenvalue weighted by molar-refractivity contribution is 8.00. The average molecular weight is 330 g/mol. The molecule has 1 amide bonds. The molecule has 0 bridgehead atoms. The second-order valence-corrected chi connectivity index (χ2v) is 7.13.